The molecule has 0 radical (unpaired) electrons. The van der Waals surface area contributed by atoms with Crippen LogP contribution in [0.3, 0.4) is 0 Å². The topological polar surface area (TPSA) is 102 Å². The van der Waals surface area contributed by atoms with Crippen molar-refractivity contribution in [2.75, 3.05) is 29.2 Å². The van der Waals surface area contributed by atoms with Gasteiger partial charge in [0.25, 0.3) is 0 Å². The van der Waals surface area contributed by atoms with Crippen LogP contribution in [0.2, 0.25) is 5.02 Å². The number of benzene rings is 2. The smallest absolute Gasteiger partial charge is 0.228 e. The highest BCUT2D eigenvalue weighted by atomic mass is 35.5. The molecule has 2 aromatic carbocycles. The Kier molecular flexibility index (Phi) is 6.95. The summed E-state index contributed by atoms with van der Waals surface area (Å²) in [6.45, 7) is 1.82. The summed E-state index contributed by atoms with van der Waals surface area (Å²) < 4.78 is 30.6. The SMILES string of the molecule is COc1ccc(Cl)cc1NC(=O)CCS(=O)(=O)c1ccc2c(c1)NC(=O)[C@H](C)CS2. The lowest BCUT2D eigenvalue weighted by atomic mass is 10.2. The van der Waals surface area contributed by atoms with Crippen molar-refractivity contribution in [3.8, 4) is 5.75 Å². The van der Waals surface area contributed by atoms with Gasteiger partial charge in [-0.1, -0.05) is 18.5 Å². The molecular formula is C20H21ClN2O5S2. The Morgan fingerprint density at radius 3 is 2.80 bits per heavy atom. The molecule has 1 aliphatic rings. The summed E-state index contributed by atoms with van der Waals surface area (Å²) in [5.74, 6) is -0.133. The standard InChI is InChI=1S/C20H21ClN2O5S2/c1-12-11-29-18-6-4-14(10-16(18)23-20(12)25)30(26,27)8-7-19(24)22-15-9-13(21)3-5-17(15)28-2/h3-6,9-10,12H,7-8,11H2,1-2H3,(H,22,24)(H,23,25)/t12-/m1/s1. The molecule has 0 aliphatic carbocycles. The fourth-order valence-electron chi connectivity index (χ4n) is 2.81. The largest absolute Gasteiger partial charge is 0.495 e. The van der Waals surface area contributed by atoms with Crippen LogP contribution in [0, 0.1) is 5.92 Å². The maximum Gasteiger partial charge on any atom is 0.228 e. The van der Waals surface area contributed by atoms with Gasteiger partial charge in [-0.15, -0.1) is 11.8 Å². The van der Waals surface area contributed by atoms with Gasteiger partial charge in [0.15, 0.2) is 9.84 Å². The van der Waals surface area contributed by atoms with Crippen LogP contribution in [0.15, 0.2) is 46.2 Å². The predicted octanol–water partition coefficient (Wildman–Crippen LogP) is 3.83. The van der Waals surface area contributed by atoms with Gasteiger partial charge in [-0.25, -0.2) is 8.42 Å². The van der Waals surface area contributed by atoms with E-state index in [1.807, 2.05) is 6.92 Å². The van der Waals surface area contributed by atoms with Crippen LogP contribution < -0.4 is 15.4 Å². The first-order valence-corrected chi connectivity index (χ1v) is 12.1. The number of carbonyl (C=O) groups is 2. The normalized spacial score (nSPS) is 16.2. The Balaban J connectivity index is 1.70. The molecule has 0 saturated heterocycles. The molecule has 2 aromatic rings. The maximum absolute atomic E-state index is 12.7. The van der Waals surface area contributed by atoms with Crippen molar-refractivity contribution in [2.45, 2.75) is 23.1 Å². The van der Waals surface area contributed by atoms with E-state index in [4.69, 9.17) is 16.3 Å². The summed E-state index contributed by atoms with van der Waals surface area (Å²) in [5.41, 5.74) is 0.842. The van der Waals surface area contributed by atoms with E-state index in [1.54, 1.807) is 18.2 Å². The van der Waals surface area contributed by atoms with Crippen LogP contribution in [0.25, 0.3) is 0 Å². The molecule has 0 bridgehead atoms. The number of amides is 2. The van der Waals surface area contributed by atoms with E-state index in [1.165, 1.54) is 37.1 Å². The highest BCUT2D eigenvalue weighted by molar-refractivity contribution is 7.99. The van der Waals surface area contributed by atoms with Crippen molar-refractivity contribution in [1.29, 1.82) is 0 Å². The number of methoxy groups -OCH3 is 1. The van der Waals surface area contributed by atoms with E-state index in [0.29, 0.717) is 27.9 Å². The number of carbonyl (C=O) groups excluding carboxylic acids is 2. The molecule has 10 heteroatoms. The lowest BCUT2D eigenvalue weighted by Gasteiger charge is -2.12. The van der Waals surface area contributed by atoms with Crippen LogP contribution >= 0.6 is 23.4 Å². The van der Waals surface area contributed by atoms with E-state index >= 15 is 0 Å². The maximum atomic E-state index is 12.7. The number of ether oxygens (including phenoxy) is 1. The van der Waals surface area contributed by atoms with Gasteiger partial charge >= 0.3 is 0 Å². The lowest BCUT2D eigenvalue weighted by molar-refractivity contribution is -0.118. The minimum absolute atomic E-state index is 0.0600. The van der Waals surface area contributed by atoms with Gasteiger partial charge in [-0.3, -0.25) is 9.59 Å². The molecule has 3 rings (SSSR count). The van der Waals surface area contributed by atoms with E-state index in [9.17, 15) is 18.0 Å². The van der Waals surface area contributed by atoms with Crippen LogP contribution in [0.5, 0.6) is 5.75 Å². The van der Waals surface area contributed by atoms with Gasteiger partial charge in [0, 0.05) is 28.0 Å². The summed E-state index contributed by atoms with van der Waals surface area (Å²) in [6.07, 6.45) is -0.243. The first kappa shape index (κ1) is 22.5. The van der Waals surface area contributed by atoms with E-state index in [2.05, 4.69) is 10.6 Å². The second kappa shape index (κ2) is 9.28. The molecule has 0 saturated carbocycles. The summed E-state index contributed by atoms with van der Waals surface area (Å²) in [7, 11) is -2.27. The molecular weight excluding hydrogens is 448 g/mol. The Bertz CT molecular complexity index is 1090. The molecule has 1 atom stereocenters. The lowest BCUT2D eigenvalue weighted by Crippen LogP contribution is -2.20. The van der Waals surface area contributed by atoms with Crippen molar-refractivity contribution in [3.63, 3.8) is 0 Å². The molecule has 160 valence electrons. The Labute approximate surface area is 184 Å². The molecule has 0 aromatic heterocycles. The first-order chi connectivity index (χ1) is 14.2. The van der Waals surface area contributed by atoms with Crippen molar-refractivity contribution >= 4 is 56.4 Å². The second-order valence-corrected chi connectivity index (χ2v) is 10.4. The van der Waals surface area contributed by atoms with Crippen molar-refractivity contribution in [2.24, 2.45) is 5.92 Å². The number of fused-ring (bicyclic) bond motifs is 1. The number of rotatable bonds is 6. The summed E-state index contributed by atoms with van der Waals surface area (Å²) in [6, 6.07) is 9.39. The zero-order valence-corrected chi connectivity index (χ0v) is 18.8. The Hall–Kier alpha value is -2.23. The van der Waals surface area contributed by atoms with Crippen LogP contribution in [0.4, 0.5) is 11.4 Å². The molecule has 1 heterocycles. The van der Waals surface area contributed by atoms with Crippen molar-refractivity contribution < 1.29 is 22.7 Å². The van der Waals surface area contributed by atoms with E-state index in [0.717, 1.165) is 4.90 Å². The number of nitrogens with one attached hydrogen (secondary N) is 2. The highest BCUT2D eigenvalue weighted by Crippen LogP contribution is 2.34. The Morgan fingerprint density at radius 2 is 2.07 bits per heavy atom. The molecule has 2 N–H and O–H groups in total. The second-order valence-electron chi connectivity index (χ2n) is 6.82. The zero-order chi connectivity index (χ0) is 21.9. The average Bonchev–Trinajstić information content (AvgIpc) is 2.84. The van der Waals surface area contributed by atoms with Crippen LogP contribution in [0.1, 0.15) is 13.3 Å². The molecule has 0 fully saturated rings. The number of anilines is 2. The average molecular weight is 469 g/mol. The fourth-order valence-corrected chi connectivity index (χ4v) is 5.25. The Morgan fingerprint density at radius 1 is 1.30 bits per heavy atom. The third-order valence-electron chi connectivity index (χ3n) is 4.54. The molecule has 0 spiro atoms. The number of thioether (sulfide) groups is 1. The van der Waals surface area contributed by atoms with E-state index < -0.39 is 15.7 Å². The monoisotopic (exact) mass is 468 g/mol. The zero-order valence-electron chi connectivity index (χ0n) is 16.4. The molecule has 30 heavy (non-hydrogen) atoms. The molecule has 7 nitrogen and oxygen atoms in total. The third kappa shape index (κ3) is 5.27. The summed E-state index contributed by atoms with van der Waals surface area (Å²) in [4.78, 5) is 25.2. The van der Waals surface area contributed by atoms with Crippen LogP contribution in [-0.2, 0) is 19.4 Å². The van der Waals surface area contributed by atoms with Crippen LogP contribution in [-0.4, -0.2) is 38.8 Å². The summed E-state index contributed by atoms with van der Waals surface area (Å²) in [5, 5.41) is 5.81. The predicted molar refractivity (Wildman–Crippen MR) is 118 cm³/mol. The van der Waals surface area contributed by atoms with Gasteiger partial charge in [-0.05, 0) is 36.4 Å². The number of hydrogen-bond donors (Lipinski definition) is 2. The first-order valence-electron chi connectivity index (χ1n) is 9.13. The number of sulfone groups is 1. The van der Waals surface area contributed by atoms with Gasteiger partial charge in [-0.2, -0.15) is 0 Å². The third-order valence-corrected chi connectivity index (χ3v) is 7.82. The molecule has 2 amide bonds. The number of halogens is 1. The minimum Gasteiger partial charge on any atom is -0.495 e. The summed E-state index contributed by atoms with van der Waals surface area (Å²) >= 11 is 7.44. The van der Waals surface area contributed by atoms with Gasteiger partial charge < -0.3 is 15.4 Å². The molecule has 0 unspecified atom stereocenters. The quantitative estimate of drug-likeness (QED) is 0.668. The highest BCUT2D eigenvalue weighted by Gasteiger charge is 2.23. The van der Waals surface area contributed by atoms with Gasteiger partial charge in [0.1, 0.15) is 5.75 Å². The molecule has 1 aliphatic heterocycles. The minimum atomic E-state index is -3.73. The number of hydrogen-bond acceptors (Lipinski definition) is 6. The van der Waals surface area contributed by atoms with Gasteiger partial charge in [0.2, 0.25) is 11.8 Å². The fraction of sp³-hybridized carbons (Fsp3) is 0.300. The van der Waals surface area contributed by atoms with E-state index in [-0.39, 0.29) is 28.9 Å². The van der Waals surface area contributed by atoms with Gasteiger partial charge in [0.05, 0.1) is 29.1 Å². The van der Waals surface area contributed by atoms with Crippen molar-refractivity contribution in [3.05, 3.63) is 41.4 Å². The van der Waals surface area contributed by atoms with Crippen molar-refractivity contribution in [1.82, 2.24) is 0 Å².